The SMILES string of the molecule is COc1cc(CC(C)C(F)(F)F)ccc1-c1c(Cl)c(C(=O)NCC2CCC(C)CC2)nn1CCO. The Hall–Kier alpha value is -2.26. The minimum atomic E-state index is -4.30. The van der Waals surface area contributed by atoms with Gasteiger partial charge in [-0.2, -0.15) is 18.3 Å². The number of alkyl halides is 3. The first-order valence-corrected chi connectivity index (χ1v) is 12.3. The molecule has 1 aromatic heterocycles. The quantitative estimate of drug-likeness (QED) is 0.462. The van der Waals surface area contributed by atoms with E-state index in [9.17, 15) is 23.1 Å². The summed E-state index contributed by atoms with van der Waals surface area (Å²) < 4.78 is 45.9. The Balaban J connectivity index is 1.86. The molecule has 0 bridgehead atoms. The maximum Gasteiger partial charge on any atom is 0.391 e. The van der Waals surface area contributed by atoms with Crippen LogP contribution in [0.4, 0.5) is 13.2 Å². The molecule has 1 aromatic carbocycles. The first-order valence-electron chi connectivity index (χ1n) is 11.9. The molecule has 6 nitrogen and oxygen atoms in total. The fourth-order valence-electron chi connectivity index (χ4n) is 4.48. The van der Waals surface area contributed by atoms with Gasteiger partial charge in [0.1, 0.15) is 5.75 Å². The molecule has 0 aliphatic heterocycles. The van der Waals surface area contributed by atoms with E-state index < -0.39 is 18.0 Å². The van der Waals surface area contributed by atoms with Crippen molar-refractivity contribution in [3.8, 4) is 17.0 Å². The summed E-state index contributed by atoms with van der Waals surface area (Å²) in [6.45, 7) is 3.75. The highest BCUT2D eigenvalue weighted by atomic mass is 35.5. The van der Waals surface area contributed by atoms with Crippen LogP contribution in [0.2, 0.25) is 5.02 Å². The van der Waals surface area contributed by atoms with Crippen molar-refractivity contribution in [2.24, 2.45) is 17.8 Å². The van der Waals surface area contributed by atoms with E-state index in [-0.39, 0.29) is 30.3 Å². The van der Waals surface area contributed by atoms with Crippen LogP contribution >= 0.6 is 11.6 Å². The molecule has 1 heterocycles. The van der Waals surface area contributed by atoms with Crippen LogP contribution in [-0.4, -0.2) is 47.2 Å². The summed E-state index contributed by atoms with van der Waals surface area (Å²) >= 11 is 6.62. The van der Waals surface area contributed by atoms with E-state index in [2.05, 4.69) is 17.3 Å². The number of methoxy groups -OCH3 is 1. The van der Waals surface area contributed by atoms with Gasteiger partial charge in [-0.1, -0.05) is 44.4 Å². The molecule has 1 aliphatic carbocycles. The number of hydrogen-bond acceptors (Lipinski definition) is 4. The van der Waals surface area contributed by atoms with Gasteiger partial charge in [-0.15, -0.1) is 0 Å². The van der Waals surface area contributed by atoms with Gasteiger partial charge in [-0.05, 0) is 48.8 Å². The van der Waals surface area contributed by atoms with Crippen molar-refractivity contribution in [2.45, 2.75) is 58.7 Å². The number of carbonyl (C=O) groups excluding carboxylic acids is 1. The monoisotopic (exact) mass is 515 g/mol. The molecule has 1 saturated carbocycles. The van der Waals surface area contributed by atoms with Crippen molar-refractivity contribution in [2.75, 3.05) is 20.3 Å². The van der Waals surface area contributed by atoms with Gasteiger partial charge in [0, 0.05) is 12.1 Å². The number of aliphatic hydroxyl groups is 1. The molecule has 1 atom stereocenters. The molecule has 0 spiro atoms. The summed E-state index contributed by atoms with van der Waals surface area (Å²) in [6, 6.07) is 4.73. The lowest BCUT2D eigenvalue weighted by molar-refractivity contribution is -0.169. The zero-order chi connectivity index (χ0) is 25.8. The van der Waals surface area contributed by atoms with Gasteiger partial charge in [-0.3, -0.25) is 9.48 Å². The number of halogens is 4. The second-order valence-corrected chi connectivity index (χ2v) is 9.85. The number of hydrogen-bond donors (Lipinski definition) is 2. The number of ether oxygens (including phenoxy) is 1. The number of nitrogens with one attached hydrogen (secondary N) is 1. The molecule has 1 fully saturated rings. The largest absolute Gasteiger partial charge is 0.496 e. The fraction of sp³-hybridized carbons (Fsp3) is 0.600. The fourth-order valence-corrected chi connectivity index (χ4v) is 4.80. The van der Waals surface area contributed by atoms with E-state index in [1.54, 1.807) is 12.1 Å². The Morgan fingerprint density at radius 1 is 1.31 bits per heavy atom. The van der Waals surface area contributed by atoms with Gasteiger partial charge < -0.3 is 15.2 Å². The molecule has 0 saturated heterocycles. The second-order valence-electron chi connectivity index (χ2n) is 9.48. The number of aromatic nitrogens is 2. The van der Waals surface area contributed by atoms with E-state index in [0.29, 0.717) is 41.0 Å². The zero-order valence-electron chi connectivity index (χ0n) is 20.3. The molecule has 0 radical (unpaired) electrons. The minimum Gasteiger partial charge on any atom is -0.496 e. The Morgan fingerprint density at radius 2 is 2.00 bits per heavy atom. The van der Waals surface area contributed by atoms with Gasteiger partial charge in [-0.25, -0.2) is 0 Å². The first kappa shape index (κ1) is 27.3. The number of nitrogens with zero attached hydrogens (tertiary/aromatic N) is 2. The number of amides is 1. The van der Waals surface area contributed by atoms with Crippen LogP contribution in [0.5, 0.6) is 5.75 Å². The van der Waals surface area contributed by atoms with Gasteiger partial charge in [0.25, 0.3) is 5.91 Å². The third-order valence-corrected chi connectivity index (χ3v) is 7.09. The molecule has 1 unspecified atom stereocenters. The normalized spacial score (nSPS) is 19.4. The molecule has 35 heavy (non-hydrogen) atoms. The lowest BCUT2D eigenvalue weighted by Gasteiger charge is -2.26. The highest BCUT2D eigenvalue weighted by Gasteiger charge is 2.36. The van der Waals surface area contributed by atoms with Crippen LogP contribution in [0.3, 0.4) is 0 Å². The summed E-state index contributed by atoms with van der Waals surface area (Å²) in [5.41, 5.74) is 1.34. The van der Waals surface area contributed by atoms with Crippen LogP contribution in [0.25, 0.3) is 11.3 Å². The Kier molecular flexibility index (Phi) is 9.10. The molecular formula is C25H33ClF3N3O3. The summed E-state index contributed by atoms with van der Waals surface area (Å²) in [7, 11) is 1.41. The predicted molar refractivity (Wildman–Crippen MR) is 129 cm³/mol. The van der Waals surface area contributed by atoms with Crippen molar-refractivity contribution in [3.05, 3.63) is 34.5 Å². The smallest absolute Gasteiger partial charge is 0.391 e. The maximum atomic E-state index is 13.0. The standard InChI is InChI=1S/C25H33ClF3N3O3/c1-15-4-6-17(7-5-15)14-30-24(34)22-21(26)23(32(31-22)10-11-33)19-9-8-18(13-20(19)35-3)12-16(2)25(27,28)29/h8-9,13,15-17,33H,4-7,10-12,14H2,1-3H3,(H,30,34). The predicted octanol–water partition coefficient (Wildman–Crippen LogP) is 5.50. The zero-order valence-corrected chi connectivity index (χ0v) is 21.0. The molecule has 194 valence electrons. The lowest BCUT2D eigenvalue weighted by Crippen LogP contribution is -2.31. The molecule has 2 N–H and O–H groups in total. The van der Waals surface area contributed by atoms with Gasteiger partial charge >= 0.3 is 6.18 Å². The lowest BCUT2D eigenvalue weighted by atomic mass is 9.83. The molecule has 3 rings (SSSR count). The number of benzene rings is 1. The minimum absolute atomic E-state index is 0.0381. The van der Waals surface area contributed by atoms with Crippen LogP contribution < -0.4 is 10.1 Å². The molecular weight excluding hydrogens is 483 g/mol. The third-order valence-electron chi connectivity index (χ3n) is 6.73. The van der Waals surface area contributed by atoms with Crippen LogP contribution in [-0.2, 0) is 13.0 Å². The first-order chi connectivity index (χ1) is 16.5. The molecule has 1 amide bonds. The van der Waals surface area contributed by atoms with E-state index in [1.165, 1.54) is 17.9 Å². The van der Waals surface area contributed by atoms with Crippen molar-refractivity contribution in [1.82, 2.24) is 15.1 Å². The average molecular weight is 516 g/mol. The number of rotatable bonds is 9. The van der Waals surface area contributed by atoms with E-state index in [0.717, 1.165) is 32.6 Å². The molecule has 2 aromatic rings. The van der Waals surface area contributed by atoms with Crippen LogP contribution in [0.1, 0.15) is 55.6 Å². The van der Waals surface area contributed by atoms with Gasteiger partial charge in [0.15, 0.2) is 5.69 Å². The highest BCUT2D eigenvalue weighted by molar-refractivity contribution is 6.36. The van der Waals surface area contributed by atoms with E-state index in [4.69, 9.17) is 16.3 Å². The maximum absolute atomic E-state index is 13.0. The van der Waals surface area contributed by atoms with Crippen molar-refractivity contribution in [3.63, 3.8) is 0 Å². The van der Waals surface area contributed by atoms with E-state index in [1.807, 2.05) is 0 Å². The Morgan fingerprint density at radius 3 is 2.60 bits per heavy atom. The summed E-state index contributed by atoms with van der Waals surface area (Å²) in [4.78, 5) is 12.9. The van der Waals surface area contributed by atoms with Crippen molar-refractivity contribution >= 4 is 17.5 Å². The summed E-state index contributed by atoms with van der Waals surface area (Å²) in [5, 5.41) is 16.9. The summed E-state index contributed by atoms with van der Waals surface area (Å²) in [5.74, 6) is -0.475. The van der Waals surface area contributed by atoms with Gasteiger partial charge in [0.05, 0.1) is 36.9 Å². The van der Waals surface area contributed by atoms with Gasteiger partial charge in [0.2, 0.25) is 0 Å². The Bertz CT molecular complexity index is 1020. The van der Waals surface area contributed by atoms with Crippen LogP contribution in [0.15, 0.2) is 18.2 Å². The van der Waals surface area contributed by atoms with Crippen molar-refractivity contribution < 1.29 is 27.8 Å². The van der Waals surface area contributed by atoms with Crippen LogP contribution in [0, 0.1) is 17.8 Å². The average Bonchev–Trinajstić information content (AvgIpc) is 3.13. The highest BCUT2D eigenvalue weighted by Crippen LogP contribution is 2.38. The third kappa shape index (κ3) is 6.70. The number of carbonyl (C=O) groups is 1. The number of aliphatic hydroxyl groups excluding tert-OH is 1. The second kappa shape index (κ2) is 11.6. The molecule has 10 heteroatoms. The topological polar surface area (TPSA) is 76.4 Å². The molecule has 1 aliphatic rings. The summed E-state index contributed by atoms with van der Waals surface area (Å²) in [6.07, 6.45) is -0.0710. The van der Waals surface area contributed by atoms with Crippen molar-refractivity contribution in [1.29, 1.82) is 0 Å². The Labute approximate surface area is 208 Å². The van der Waals surface area contributed by atoms with E-state index >= 15 is 0 Å².